The van der Waals surface area contributed by atoms with Crippen LogP contribution in [-0.4, -0.2) is 19.1 Å². The van der Waals surface area contributed by atoms with Gasteiger partial charge in [-0.05, 0) is 31.2 Å². The van der Waals surface area contributed by atoms with Crippen molar-refractivity contribution in [3.63, 3.8) is 0 Å². The predicted molar refractivity (Wildman–Crippen MR) is 67.0 cm³/mol. The van der Waals surface area contributed by atoms with Gasteiger partial charge in [0.15, 0.2) is 5.75 Å². The van der Waals surface area contributed by atoms with Gasteiger partial charge in [0.05, 0.1) is 7.11 Å². The number of ether oxygens (including phenoxy) is 1. The zero-order chi connectivity index (χ0) is 12.8. The predicted octanol–water partition coefficient (Wildman–Crippen LogP) is 2.64. The zero-order valence-electron chi connectivity index (χ0n) is 9.34. The molecule has 0 radical (unpaired) electrons. The Hall–Kier alpha value is -0.970. The van der Waals surface area contributed by atoms with Crippen LogP contribution in [0.1, 0.15) is 6.92 Å². The standard InChI is InChI=1S/C10H12BrNO4P/c1-7(10(13)15-2)12-17(14)16-9-5-3-8(11)4-6-9/h3-7H,1-2H3,(H,12,14)/q+1/t7-/m0/s1. The molecule has 0 aliphatic rings. The Kier molecular flexibility index (Phi) is 5.55. The highest BCUT2D eigenvalue weighted by Crippen LogP contribution is 2.25. The number of hydrogen-bond acceptors (Lipinski definition) is 4. The number of rotatable bonds is 5. The highest BCUT2D eigenvalue weighted by molar-refractivity contribution is 9.10. The van der Waals surface area contributed by atoms with Crippen LogP contribution >= 0.6 is 24.1 Å². The first-order valence-corrected chi connectivity index (χ1v) is 6.74. The minimum Gasteiger partial charge on any atom is -0.468 e. The van der Waals surface area contributed by atoms with E-state index in [0.717, 1.165) is 4.47 Å². The number of halogens is 1. The van der Waals surface area contributed by atoms with Crippen LogP contribution in [0.4, 0.5) is 0 Å². The molecule has 0 heterocycles. The summed E-state index contributed by atoms with van der Waals surface area (Å²) < 4.78 is 22.0. The van der Waals surface area contributed by atoms with E-state index < -0.39 is 20.2 Å². The van der Waals surface area contributed by atoms with E-state index in [0.29, 0.717) is 5.75 Å². The van der Waals surface area contributed by atoms with Crippen LogP contribution in [0.15, 0.2) is 28.7 Å². The number of carbonyl (C=O) groups is 1. The molecule has 1 N–H and O–H groups in total. The van der Waals surface area contributed by atoms with Gasteiger partial charge in [-0.15, -0.1) is 0 Å². The zero-order valence-corrected chi connectivity index (χ0v) is 11.8. The molecule has 0 spiro atoms. The molecule has 0 amide bonds. The van der Waals surface area contributed by atoms with Crippen molar-refractivity contribution < 1.29 is 18.6 Å². The number of esters is 1. The van der Waals surface area contributed by atoms with E-state index >= 15 is 0 Å². The molecule has 0 fully saturated rings. The molecule has 2 atom stereocenters. The van der Waals surface area contributed by atoms with Crippen LogP contribution in [0.25, 0.3) is 0 Å². The van der Waals surface area contributed by atoms with Crippen molar-refractivity contribution in [3.05, 3.63) is 28.7 Å². The summed E-state index contributed by atoms with van der Waals surface area (Å²) in [6.45, 7) is 1.55. The molecular formula is C10H12BrNO4P+. The molecule has 1 aromatic carbocycles. The lowest BCUT2D eigenvalue weighted by atomic mass is 10.3. The normalized spacial score (nSPS) is 12.8. The Morgan fingerprint density at radius 1 is 1.41 bits per heavy atom. The van der Waals surface area contributed by atoms with Crippen LogP contribution in [0.5, 0.6) is 5.75 Å². The molecule has 5 nitrogen and oxygen atoms in total. The van der Waals surface area contributed by atoms with Crippen LogP contribution in [-0.2, 0) is 14.1 Å². The average molecular weight is 321 g/mol. The van der Waals surface area contributed by atoms with Gasteiger partial charge in [0, 0.05) is 9.04 Å². The van der Waals surface area contributed by atoms with Crippen molar-refractivity contribution in [3.8, 4) is 5.75 Å². The smallest absolute Gasteiger partial charge is 0.468 e. The Morgan fingerprint density at radius 2 is 2.00 bits per heavy atom. The summed E-state index contributed by atoms with van der Waals surface area (Å²) in [4.78, 5) is 11.1. The van der Waals surface area contributed by atoms with Crippen molar-refractivity contribution in [2.75, 3.05) is 7.11 Å². The maximum absolute atomic E-state index is 11.5. The summed E-state index contributed by atoms with van der Waals surface area (Å²) in [5.74, 6) is -0.0355. The van der Waals surface area contributed by atoms with Gasteiger partial charge in [-0.3, -0.25) is 4.79 Å². The fourth-order valence-corrected chi connectivity index (χ4v) is 2.06. The molecule has 0 bridgehead atoms. The molecule has 1 aromatic rings. The summed E-state index contributed by atoms with van der Waals surface area (Å²) in [6.07, 6.45) is 0. The SMILES string of the molecule is COC(=O)[C@H](C)N[P+](=O)Oc1ccc(Br)cc1. The monoisotopic (exact) mass is 320 g/mol. The third kappa shape index (κ3) is 4.81. The number of carbonyl (C=O) groups excluding carboxylic acids is 1. The van der Waals surface area contributed by atoms with Crippen molar-refractivity contribution in [2.45, 2.75) is 13.0 Å². The Bertz CT molecular complexity index is 409. The third-order valence-corrected chi connectivity index (χ3v) is 3.36. The van der Waals surface area contributed by atoms with Gasteiger partial charge >= 0.3 is 14.1 Å². The van der Waals surface area contributed by atoms with Crippen LogP contribution in [0, 0.1) is 0 Å². The molecule has 0 aliphatic heterocycles. The highest BCUT2D eigenvalue weighted by atomic mass is 79.9. The molecule has 17 heavy (non-hydrogen) atoms. The minimum atomic E-state index is -2.16. The van der Waals surface area contributed by atoms with Gasteiger partial charge in [-0.1, -0.05) is 21.0 Å². The molecule has 0 aliphatic carbocycles. The lowest BCUT2D eigenvalue weighted by Crippen LogP contribution is -2.30. The van der Waals surface area contributed by atoms with Crippen molar-refractivity contribution in [1.29, 1.82) is 0 Å². The second-order valence-electron chi connectivity index (χ2n) is 3.18. The number of benzene rings is 1. The summed E-state index contributed by atoms with van der Waals surface area (Å²) in [5, 5.41) is 2.49. The number of hydrogen-bond donors (Lipinski definition) is 1. The maximum Gasteiger partial charge on any atom is 0.664 e. The van der Waals surface area contributed by atoms with E-state index in [1.807, 2.05) is 0 Å². The number of methoxy groups -OCH3 is 1. The summed E-state index contributed by atoms with van der Waals surface area (Å²) >= 11 is 3.28. The van der Waals surface area contributed by atoms with E-state index in [9.17, 15) is 9.36 Å². The Morgan fingerprint density at radius 3 is 2.53 bits per heavy atom. The van der Waals surface area contributed by atoms with Gasteiger partial charge < -0.3 is 4.74 Å². The Balaban J connectivity index is 2.50. The average Bonchev–Trinajstić information content (AvgIpc) is 2.30. The first-order chi connectivity index (χ1) is 8.02. The fraction of sp³-hybridized carbons (Fsp3) is 0.300. The molecule has 92 valence electrons. The lowest BCUT2D eigenvalue weighted by molar-refractivity contribution is -0.142. The van der Waals surface area contributed by atoms with Crippen molar-refractivity contribution in [2.24, 2.45) is 0 Å². The van der Waals surface area contributed by atoms with Gasteiger partial charge in [0.2, 0.25) is 0 Å². The van der Waals surface area contributed by atoms with E-state index in [4.69, 9.17) is 4.52 Å². The third-order valence-electron chi connectivity index (χ3n) is 1.86. The van der Waals surface area contributed by atoms with E-state index in [1.165, 1.54) is 7.11 Å². The number of nitrogens with one attached hydrogen (secondary N) is 1. The minimum absolute atomic E-state index is 0.457. The quantitative estimate of drug-likeness (QED) is 0.667. The fourth-order valence-electron chi connectivity index (χ4n) is 1.01. The second kappa shape index (κ2) is 6.69. The van der Waals surface area contributed by atoms with Crippen LogP contribution in [0.2, 0.25) is 0 Å². The van der Waals surface area contributed by atoms with Gasteiger partial charge in [-0.25, -0.2) is 4.52 Å². The maximum atomic E-state index is 11.5. The van der Waals surface area contributed by atoms with Crippen LogP contribution in [0.3, 0.4) is 0 Å². The van der Waals surface area contributed by atoms with Gasteiger partial charge in [0.25, 0.3) is 0 Å². The first kappa shape index (κ1) is 14.1. The lowest BCUT2D eigenvalue weighted by Gasteiger charge is -2.02. The van der Waals surface area contributed by atoms with Gasteiger partial charge in [0.1, 0.15) is 6.04 Å². The second-order valence-corrected chi connectivity index (χ2v) is 5.05. The molecule has 0 aromatic heterocycles. The van der Waals surface area contributed by atoms with E-state index in [2.05, 4.69) is 25.8 Å². The highest BCUT2D eigenvalue weighted by Gasteiger charge is 2.27. The molecule has 7 heteroatoms. The van der Waals surface area contributed by atoms with Crippen LogP contribution < -0.4 is 9.61 Å². The first-order valence-electron chi connectivity index (χ1n) is 4.77. The van der Waals surface area contributed by atoms with Gasteiger partial charge in [-0.2, -0.15) is 0 Å². The summed E-state index contributed by atoms with van der Waals surface area (Å²) in [5.41, 5.74) is 0. The van der Waals surface area contributed by atoms with E-state index in [1.54, 1.807) is 31.2 Å². The molecule has 0 saturated heterocycles. The summed E-state index contributed by atoms with van der Waals surface area (Å²) in [7, 11) is -0.893. The summed E-state index contributed by atoms with van der Waals surface area (Å²) in [6, 6.07) is 6.19. The molecule has 0 saturated carbocycles. The van der Waals surface area contributed by atoms with Crippen molar-refractivity contribution >= 4 is 30.1 Å². The topological polar surface area (TPSA) is 64.6 Å². The Labute approximate surface area is 109 Å². The largest absolute Gasteiger partial charge is 0.664 e. The van der Waals surface area contributed by atoms with E-state index in [-0.39, 0.29) is 0 Å². The van der Waals surface area contributed by atoms with Crippen molar-refractivity contribution in [1.82, 2.24) is 5.09 Å². The molecule has 1 unspecified atom stereocenters. The molecule has 1 rings (SSSR count). The molecular weight excluding hydrogens is 309 g/mol.